The Labute approximate surface area is 703 Å². The summed E-state index contributed by atoms with van der Waals surface area (Å²) in [6.07, 6.45) is 4.67. The average Bonchev–Trinajstić information content (AvgIpc) is 1.41. The fourth-order valence-corrected chi connectivity index (χ4v) is 20.8. The first-order chi connectivity index (χ1) is 57.2. The van der Waals surface area contributed by atoms with Crippen LogP contribution < -0.4 is 26.2 Å². The molecular formula is C114H103BN4. The quantitative estimate of drug-likeness (QED) is 0.127. The third-order valence-corrected chi connectivity index (χ3v) is 27.9. The Balaban J connectivity index is 0.855. The molecule has 15 aromatic carbocycles. The molecule has 0 atom stereocenters. The zero-order valence-electron chi connectivity index (χ0n) is 71.3. The molecule has 0 amide bonds. The Hall–Kier alpha value is -12.4. The van der Waals surface area contributed by atoms with E-state index in [4.69, 9.17) is 0 Å². The fourth-order valence-electron chi connectivity index (χ4n) is 20.8. The van der Waals surface area contributed by atoms with Gasteiger partial charge in [-0.05, 0) is 272 Å². The van der Waals surface area contributed by atoms with Gasteiger partial charge in [0.1, 0.15) is 0 Å². The number of hydrogen-bond donors (Lipinski definition) is 0. The predicted octanol–water partition coefficient (Wildman–Crippen LogP) is 29.3. The first-order valence-electron chi connectivity index (χ1n) is 43.2. The first kappa shape index (κ1) is 74.1. The van der Waals surface area contributed by atoms with Crippen molar-refractivity contribution in [2.75, 3.05) is 9.80 Å². The van der Waals surface area contributed by atoms with Crippen molar-refractivity contribution in [2.45, 2.75) is 155 Å². The minimum atomic E-state index is -0.232. The van der Waals surface area contributed by atoms with Gasteiger partial charge in [-0.25, -0.2) is 0 Å². The van der Waals surface area contributed by atoms with Crippen LogP contribution in [-0.2, 0) is 32.5 Å². The molecule has 0 N–H and O–H groups in total. The third kappa shape index (κ3) is 12.3. The van der Waals surface area contributed by atoms with Crippen LogP contribution in [0.1, 0.15) is 156 Å². The van der Waals surface area contributed by atoms with Crippen molar-refractivity contribution in [3.63, 3.8) is 0 Å². The summed E-state index contributed by atoms with van der Waals surface area (Å²) in [6.45, 7) is 33.4. The van der Waals surface area contributed by atoms with Crippen molar-refractivity contribution in [1.82, 2.24) is 9.13 Å². The molecule has 0 bridgehead atoms. The molecule has 4 aliphatic rings. The van der Waals surface area contributed by atoms with E-state index in [2.05, 4.69) is 437 Å². The molecule has 0 fully saturated rings. The average molecular weight is 1540 g/mol. The summed E-state index contributed by atoms with van der Waals surface area (Å²) >= 11 is 0. The highest BCUT2D eigenvalue weighted by atomic mass is 15.2. The van der Waals surface area contributed by atoms with Gasteiger partial charge >= 0.3 is 0 Å². The van der Waals surface area contributed by atoms with Crippen molar-refractivity contribution in [3.8, 4) is 78.1 Å². The van der Waals surface area contributed by atoms with E-state index in [0.717, 1.165) is 80.4 Å². The molecule has 2 aliphatic heterocycles. The summed E-state index contributed by atoms with van der Waals surface area (Å²) in [5.74, 6) is 0. The van der Waals surface area contributed by atoms with Crippen LogP contribution in [0.25, 0.3) is 122 Å². The first-order valence-corrected chi connectivity index (χ1v) is 43.2. The van der Waals surface area contributed by atoms with E-state index in [0.29, 0.717) is 0 Å². The van der Waals surface area contributed by atoms with Crippen molar-refractivity contribution in [1.29, 1.82) is 0 Å². The Morgan fingerprint density at radius 1 is 0.235 bits per heavy atom. The van der Waals surface area contributed by atoms with Crippen LogP contribution in [-0.4, -0.2) is 15.8 Å². The van der Waals surface area contributed by atoms with Crippen LogP contribution in [0.5, 0.6) is 0 Å². The van der Waals surface area contributed by atoms with Gasteiger partial charge in [-0.2, -0.15) is 0 Å². The van der Waals surface area contributed by atoms with Gasteiger partial charge in [0.15, 0.2) is 0 Å². The standard InChI is InChI=1S/C114H103BN4/c1-109(2,3)84-60-83(61-85(68-84)110(4,5)6)82-43-55-104-99(67-82)115-98-51-48-88(118-102-53-41-78(73-28-20-16-21-29-73)63-92(102)93-64-79(42-54-103(93)118)74-30-22-17-23-31-74)69-105(98)117(87-46-36-76(37-47-87)81-39-50-95-97(66-81)114(13,14)59-57-112(95,9)10)107-71-89(119-100-33-25-24-32-90(100)91-62-77(40-52-101(91)119)72-26-18-15-19-27-72)70-106(108(107)115)116(104)86-44-34-75(35-45-86)80-38-49-94-96(65-80)113(11,12)58-56-111(94,7)8/h15-55,60-71H,56-59H2,1-14H3. The van der Waals surface area contributed by atoms with Gasteiger partial charge in [-0.1, -0.05) is 321 Å². The Bertz CT molecular complexity index is 6840. The molecule has 21 rings (SSSR count). The van der Waals surface area contributed by atoms with Gasteiger partial charge in [-0.15, -0.1) is 0 Å². The van der Waals surface area contributed by atoms with E-state index in [-0.39, 0.29) is 39.2 Å². The number of anilines is 6. The molecule has 119 heavy (non-hydrogen) atoms. The third-order valence-electron chi connectivity index (χ3n) is 27.9. The molecule has 0 saturated heterocycles. The van der Waals surface area contributed by atoms with Crippen LogP contribution >= 0.6 is 0 Å². The van der Waals surface area contributed by atoms with Gasteiger partial charge in [0.05, 0.1) is 27.8 Å². The molecule has 2 aromatic heterocycles. The van der Waals surface area contributed by atoms with Crippen LogP contribution in [0.3, 0.4) is 0 Å². The highest BCUT2D eigenvalue weighted by Crippen LogP contribution is 2.53. The van der Waals surface area contributed by atoms with Gasteiger partial charge in [-0.3, -0.25) is 0 Å². The monoisotopic (exact) mass is 1540 g/mol. The number of benzene rings is 15. The number of aromatic nitrogens is 2. The Morgan fingerprint density at radius 2 is 0.580 bits per heavy atom. The molecule has 0 spiro atoms. The van der Waals surface area contributed by atoms with Crippen LogP contribution in [0.4, 0.5) is 34.1 Å². The van der Waals surface area contributed by atoms with Crippen LogP contribution in [0.15, 0.2) is 322 Å². The zero-order chi connectivity index (χ0) is 81.6. The molecule has 17 aromatic rings. The number of nitrogens with zero attached hydrogens (tertiary/aromatic N) is 4. The largest absolute Gasteiger partial charge is 0.311 e. The molecular weight excluding hydrogens is 1440 g/mol. The SMILES string of the molecule is CC(C)(C)c1cc(-c2ccc3c(c2)B2c4ccc(-n5c6ccc(-c7ccccc7)cc6c6cc(-c7ccccc7)ccc65)cc4N(c4ccc(-c5ccc6c(c5)C(C)(C)CCC6(C)C)cc4)c4cc(-n5c6ccccc6c6cc(-c7ccccc7)ccc65)cc(c42)N3c2ccc(-c3ccc4c(c3)C(C)(C)CCC4(C)C)cc2)cc(C(C)(C)C)c1. The zero-order valence-corrected chi connectivity index (χ0v) is 71.3. The molecule has 0 radical (unpaired) electrons. The summed E-state index contributed by atoms with van der Waals surface area (Å²) in [5, 5.41) is 4.85. The van der Waals surface area contributed by atoms with E-state index in [1.54, 1.807) is 0 Å². The summed E-state index contributed by atoms with van der Waals surface area (Å²) in [5.41, 5.74) is 40.5. The number of para-hydroxylation sites is 1. The lowest BCUT2D eigenvalue weighted by molar-refractivity contribution is 0.332. The summed E-state index contributed by atoms with van der Waals surface area (Å²) in [6, 6.07) is 125. The lowest BCUT2D eigenvalue weighted by Gasteiger charge is -2.45. The Morgan fingerprint density at radius 3 is 1.04 bits per heavy atom. The van der Waals surface area contributed by atoms with E-state index >= 15 is 0 Å². The number of fused-ring (bicyclic) bond motifs is 12. The summed E-state index contributed by atoms with van der Waals surface area (Å²) in [7, 11) is 0. The summed E-state index contributed by atoms with van der Waals surface area (Å²) in [4.78, 5) is 5.30. The van der Waals surface area contributed by atoms with Crippen molar-refractivity contribution < 1.29 is 0 Å². The maximum absolute atomic E-state index is 2.66. The topological polar surface area (TPSA) is 16.3 Å². The second-order valence-corrected chi connectivity index (χ2v) is 39.4. The van der Waals surface area contributed by atoms with Crippen LogP contribution in [0, 0.1) is 0 Å². The second kappa shape index (κ2) is 27.1. The van der Waals surface area contributed by atoms with Crippen molar-refractivity contribution >= 4 is 101 Å². The van der Waals surface area contributed by atoms with E-state index in [9.17, 15) is 0 Å². The maximum Gasteiger partial charge on any atom is 0.252 e. The van der Waals surface area contributed by atoms with E-state index < -0.39 is 0 Å². The normalized spacial score (nSPS) is 15.6. The molecule has 2 aliphatic carbocycles. The second-order valence-electron chi connectivity index (χ2n) is 39.4. The summed E-state index contributed by atoms with van der Waals surface area (Å²) < 4.78 is 5.11. The molecule has 4 heterocycles. The van der Waals surface area contributed by atoms with Gasteiger partial charge in [0.2, 0.25) is 0 Å². The molecule has 5 heteroatoms. The minimum Gasteiger partial charge on any atom is -0.311 e. The fraction of sp³-hybridized carbons (Fsp3) is 0.211. The number of hydrogen-bond acceptors (Lipinski definition) is 2. The smallest absolute Gasteiger partial charge is 0.252 e. The van der Waals surface area contributed by atoms with E-state index in [1.165, 1.54) is 151 Å². The Kier molecular flexibility index (Phi) is 16.9. The van der Waals surface area contributed by atoms with Gasteiger partial charge < -0.3 is 18.9 Å². The van der Waals surface area contributed by atoms with Gasteiger partial charge in [0.25, 0.3) is 6.71 Å². The predicted molar refractivity (Wildman–Crippen MR) is 510 cm³/mol. The van der Waals surface area contributed by atoms with E-state index in [1.807, 2.05) is 0 Å². The highest BCUT2D eigenvalue weighted by Gasteiger charge is 2.46. The highest BCUT2D eigenvalue weighted by molar-refractivity contribution is 7.00. The molecule has 0 unspecified atom stereocenters. The lowest BCUT2D eigenvalue weighted by Crippen LogP contribution is -2.61. The maximum atomic E-state index is 2.66. The number of rotatable bonds is 10. The van der Waals surface area contributed by atoms with Crippen molar-refractivity contribution in [2.24, 2.45) is 0 Å². The van der Waals surface area contributed by atoms with Gasteiger partial charge in [0, 0.05) is 61.4 Å². The molecule has 0 saturated carbocycles. The van der Waals surface area contributed by atoms with Crippen LogP contribution in [0.2, 0.25) is 0 Å². The van der Waals surface area contributed by atoms with Crippen molar-refractivity contribution in [3.05, 3.63) is 355 Å². The molecule has 582 valence electrons. The lowest BCUT2D eigenvalue weighted by atomic mass is 9.33. The minimum absolute atomic E-state index is 0.0552. The molecule has 4 nitrogen and oxygen atoms in total.